The first-order chi connectivity index (χ1) is 20.3. The molecule has 12 heteroatoms. The van der Waals surface area contributed by atoms with Gasteiger partial charge in [0.2, 0.25) is 0 Å². The number of hydrogen-bond donors (Lipinski definition) is 1. The van der Waals surface area contributed by atoms with Gasteiger partial charge in [-0.15, -0.1) is 0 Å². The number of carbonyl (C=O) groups excluding carboxylic acids is 1. The fourth-order valence-electron chi connectivity index (χ4n) is 5.92. The van der Waals surface area contributed by atoms with E-state index in [-0.39, 0.29) is 34.3 Å². The summed E-state index contributed by atoms with van der Waals surface area (Å²) in [6.07, 6.45) is 3.09. The van der Waals surface area contributed by atoms with Crippen molar-refractivity contribution in [3.8, 4) is 5.69 Å². The van der Waals surface area contributed by atoms with Gasteiger partial charge in [0, 0.05) is 39.0 Å². The predicted octanol–water partition coefficient (Wildman–Crippen LogP) is 5.00. The van der Waals surface area contributed by atoms with Crippen LogP contribution in [0.1, 0.15) is 48.2 Å². The van der Waals surface area contributed by atoms with Crippen molar-refractivity contribution in [2.45, 2.75) is 50.8 Å². The molecule has 1 amide bonds. The monoisotopic (exact) mass is 596 g/mol. The number of carbonyl (C=O) groups is 1. The third-order valence-corrected chi connectivity index (χ3v) is 8.50. The van der Waals surface area contributed by atoms with Crippen LogP contribution in [0.5, 0.6) is 0 Å². The van der Waals surface area contributed by atoms with E-state index in [4.69, 9.17) is 16.3 Å². The molecular weight excluding hydrogens is 566 g/mol. The summed E-state index contributed by atoms with van der Waals surface area (Å²) >= 11 is 5.91. The summed E-state index contributed by atoms with van der Waals surface area (Å²) < 4.78 is 35.6. The molecule has 2 fully saturated rings. The SMILES string of the molecule is COC1CN(c2ccc(-n3c(=O)n(C[C@H]4CC[C@H](NC(=O)c5cc(Cl)cnc5C(F)F)CC4)c4ccccc43)cn2)C1. The van der Waals surface area contributed by atoms with Crippen LogP contribution >= 0.6 is 11.6 Å². The normalized spacial score (nSPS) is 19.3. The van der Waals surface area contributed by atoms with Crippen LogP contribution in [0.25, 0.3) is 16.7 Å². The van der Waals surface area contributed by atoms with Gasteiger partial charge in [-0.2, -0.15) is 0 Å². The number of anilines is 1. The van der Waals surface area contributed by atoms with Gasteiger partial charge >= 0.3 is 5.69 Å². The van der Waals surface area contributed by atoms with Crippen LogP contribution in [0.15, 0.2) is 59.7 Å². The Labute approximate surface area is 246 Å². The predicted molar refractivity (Wildman–Crippen MR) is 156 cm³/mol. The molecule has 1 aliphatic heterocycles. The van der Waals surface area contributed by atoms with E-state index in [1.807, 2.05) is 41.0 Å². The Morgan fingerprint density at radius 3 is 2.48 bits per heavy atom. The second-order valence-corrected chi connectivity index (χ2v) is 11.4. The van der Waals surface area contributed by atoms with Gasteiger partial charge in [-0.1, -0.05) is 23.7 Å². The van der Waals surface area contributed by atoms with E-state index in [9.17, 15) is 18.4 Å². The van der Waals surface area contributed by atoms with Gasteiger partial charge in [0.05, 0.1) is 39.6 Å². The molecule has 220 valence electrons. The number of benzene rings is 1. The van der Waals surface area contributed by atoms with Crippen LogP contribution in [0.3, 0.4) is 0 Å². The zero-order valence-corrected chi connectivity index (χ0v) is 23.8. The second kappa shape index (κ2) is 11.8. The highest BCUT2D eigenvalue weighted by atomic mass is 35.5. The van der Waals surface area contributed by atoms with E-state index < -0.39 is 18.0 Å². The maximum absolute atomic E-state index is 13.7. The number of imidazole rings is 1. The highest BCUT2D eigenvalue weighted by molar-refractivity contribution is 6.30. The molecule has 1 saturated carbocycles. The van der Waals surface area contributed by atoms with E-state index in [1.54, 1.807) is 17.9 Å². The molecule has 1 N–H and O–H groups in total. The van der Waals surface area contributed by atoms with Crippen molar-refractivity contribution >= 4 is 34.4 Å². The molecule has 0 bridgehead atoms. The van der Waals surface area contributed by atoms with Crippen LogP contribution < -0.4 is 15.9 Å². The van der Waals surface area contributed by atoms with Gasteiger partial charge in [0.25, 0.3) is 12.3 Å². The number of methoxy groups -OCH3 is 1. The van der Waals surface area contributed by atoms with E-state index in [1.165, 1.54) is 6.07 Å². The van der Waals surface area contributed by atoms with Crippen LogP contribution in [0, 0.1) is 5.92 Å². The molecule has 1 aromatic carbocycles. The summed E-state index contributed by atoms with van der Waals surface area (Å²) in [5, 5.41) is 3.00. The third kappa shape index (κ3) is 5.50. The molecule has 2 aliphatic rings. The Morgan fingerprint density at radius 1 is 1.07 bits per heavy atom. The van der Waals surface area contributed by atoms with Gasteiger partial charge in [-0.25, -0.2) is 18.6 Å². The molecule has 1 saturated heterocycles. The molecule has 3 aromatic heterocycles. The van der Waals surface area contributed by atoms with Gasteiger partial charge < -0.3 is 15.0 Å². The summed E-state index contributed by atoms with van der Waals surface area (Å²) in [7, 11) is 1.71. The fourth-order valence-corrected chi connectivity index (χ4v) is 6.08. The Hall–Kier alpha value is -3.83. The third-order valence-electron chi connectivity index (χ3n) is 8.29. The summed E-state index contributed by atoms with van der Waals surface area (Å²) in [5.41, 5.74) is 1.45. The van der Waals surface area contributed by atoms with Gasteiger partial charge in [0.15, 0.2) is 0 Å². The van der Waals surface area contributed by atoms with Crippen LogP contribution in [-0.2, 0) is 11.3 Å². The topological polar surface area (TPSA) is 94.3 Å². The number of halogens is 3. The smallest absolute Gasteiger partial charge is 0.333 e. The number of aromatic nitrogens is 4. The number of rotatable bonds is 8. The van der Waals surface area contributed by atoms with Gasteiger partial charge in [0.1, 0.15) is 11.5 Å². The summed E-state index contributed by atoms with van der Waals surface area (Å²) in [4.78, 5) is 36.9. The molecule has 0 radical (unpaired) electrons. The highest BCUT2D eigenvalue weighted by Gasteiger charge is 2.29. The number of hydrogen-bond acceptors (Lipinski definition) is 6. The lowest BCUT2D eigenvalue weighted by molar-refractivity contribution is 0.0783. The van der Waals surface area contributed by atoms with Crippen molar-refractivity contribution < 1.29 is 18.3 Å². The number of alkyl halides is 2. The molecular formula is C30H31ClF2N6O3. The van der Waals surface area contributed by atoms with Gasteiger partial charge in [-0.3, -0.25) is 18.9 Å². The number of amides is 1. The Bertz CT molecular complexity index is 1640. The van der Waals surface area contributed by atoms with Crippen molar-refractivity contribution in [3.63, 3.8) is 0 Å². The maximum atomic E-state index is 13.7. The molecule has 6 rings (SSSR count). The van der Waals surface area contributed by atoms with E-state index in [0.29, 0.717) is 25.1 Å². The zero-order chi connectivity index (χ0) is 29.4. The van der Waals surface area contributed by atoms with Crippen molar-refractivity contribution in [2.75, 3.05) is 25.1 Å². The number of nitrogens with zero attached hydrogens (tertiary/aromatic N) is 5. The van der Waals surface area contributed by atoms with Crippen LogP contribution in [-0.4, -0.2) is 57.4 Å². The first kappa shape index (κ1) is 28.3. The molecule has 0 spiro atoms. The number of para-hydroxylation sites is 2. The summed E-state index contributed by atoms with van der Waals surface area (Å²) in [6.45, 7) is 2.13. The maximum Gasteiger partial charge on any atom is 0.333 e. The first-order valence-corrected chi connectivity index (χ1v) is 14.4. The minimum atomic E-state index is -2.88. The Morgan fingerprint density at radius 2 is 1.81 bits per heavy atom. The van der Waals surface area contributed by atoms with Crippen molar-refractivity contribution in [1.29, 1.82) is 0 Å². The first-order valence-electron chi connectivity index (χ1n) is 14.0. The summed E-state index contributed by atoms with van der Waals surface area (Å²) in [5.74, 6) is 0.472. The quantitative estimate of drug-likeness (QED) is 0.308. The molecule has 4 aromatic rings. The number of ether oxygens (including phenoxy) is 1. The minimum Gasteiger partial charge on any atom is -0.378 e. The lowest BCUT2D eigenvalue weighted by atomic mass is 9.85. The Balaban J connectivity index is 1.14. The average molecular weight is 597 g/mol. The largest absolute Gasteiger partial charge is 0.378 e. The van der Waals surface area contributed by atoms with E-state index >= 15 is 0 Å². The van der Waals surface area contributed by atoms with E-state index in [2.05, 4.69) is 20.2 Å². The lowest BCUT2D eigenvalue weighted by Crippen LogP contribution is -2.52. The van der Waals surface area contributed by atoms with Crippen molar-refractivity contribution in [1.82, 2.24) is 24.4 Å². The zero-order valence-electron chi connectivity index (χ0n) is 23.1. The molecule has 1 aliphatic carbocycles. The molecule has 0 unspecified atom stereocenters. The number of fused-ring (bicyclic) bond motifs is 1. The van der Waals surface area contributed by atoms with Crippen LogP contribution in [0.4, 0.5) is 14.6 Å². The van der Waals surface area contributed by atoms with Crippen molar-refractivity contribution in [3.05, 3.63) is 81.6 Å². The Kier molecular flexibility index (Phi) is 7.96. The minimum absolute atomic E-state index is 0.126. The molecule has 42 heavy (non-hydrogen) atoms. The lowest BCUT2D eigenvalue weighted by Gasteiger charge is -2.38. The molecule has 4 heterocycles. The van der Waals surface area contributed by atoms with Crippen LogP contribution in [0.2, 0.25) is 5.02 Å². The highest BCUT2D eigenvalue weighted by Crippen LogP contribution is 2.29. The molecule has 0 atom stereocenters. The van der Waals surface area contributed by atoms with Gasteiger partial charge in [-0.05, 0) is 61.9 Å². The summed E-state index contributed by atoms with van der Waals surface area (Å²) in [6, 6.07) is 12.6. The fraction of sp³-hybridized carbons (Fsp3) is 0.400. The average Bonchev–Trinajstić information content (AvgIpc) is 3.24. The number of nitrogens with one attached hydrogen (secondary N) is 1. The van der Waals surface area contributed by atoms with Crippen molar-refractivity contribution in [2.24, 2.45) is 5.92 Å². The molecule has 9 nitrogen and oxygen atoms in total. The standard InChI is InChI=1S/C30H31ClF2N6O3/c1-42-22-16-37(17-22)26-11-10-21(14-34-26)39-25-5-3-2-4-24(25)38(30(39)41)15-18-6-8-20(9-7-18)36-29(40)23-12-19(31)13-35-27(23)28(32)33/h2-5,10-14,18,20,22,28H,6-9,15-17H2,1H3,(H,36,40)/t18-,20-. The number of pyridine rings is 2. The second-order valence-electron chi connectivity index (χ2n) is 10.9. The van der Waals surface area contributed by atoms with E-state index in [0.717, 1.165) is 49.0 Å².